The maximum Gasteiger partial charge on any atom is 0.0470 e. The Morgan fingerprint density at radius 1 is 1.40 bits per heavy atom. The van der Waals surface area contributed by atoms with Gasteiger partial charge in [-0.15, -0.1) is 0 Å². The summed E-state index contributed by atoms with van der Waals surface area (Å²) in [7, 11) is 0. The highest BCUT2D eigenvalue weighted by atomic mass is 79.9. The zero-order valence-corrected chi connectivity index (χ0v) is 14.7. The van der Waals surface area contributed by atoms with Gasteiger partial charge in [-0.25, -0.2) is 0 Å². The molecule has 1 heterocycles. The van der Waals surface area contributed by atoms with Gasteiger partial charge in [-0.1, -0.05) is 48.8 Å². The highest BCUT2D eigenvalue weighted by Crippen LogP contribution is 2.37. The lowest BCUT2D eigenvalue weighted by molar-refractivity contribution is 0.197. The number of rotatable bonds is 3. The molecule has 1 aliphatic rings. The van der Waals surface area contributed by atoms with Crippen LogP contribution in [-0.2, 0) is 0 Å². The topological polar surface area (TPSA) is 29.3 Å². The molecular formula is C17H27BrN2. The maximum absolute atomic E-state index is 6.07. The van der Waals surface area contributed by atoms with Gasteiger partial charge in [-0.3, -0.25) is 4.90 Å². The smallest absolute Gasteiger partial charge is 0.0470 e. The number of nitrogens with two attached hydrogens (primary N) is 1. The van der Waals surface area contributed by atoms with Crippen molar-refractivity contribution in [2.24, 2.45) is 17.1 Å². The summed E-state index contributed by atoms with van der Waals surface area (Å²) in [5, 5.41) is 0. The molecular weight excluding hydrogens is 312 g/mol. The van der Waals surface area contributed by atoms with Crippen LogP contribution in [0.1, 0.15) is 44.4 Å². The third-order valence-corrected chi connectivity index (χ3v) is 5.54. The van der Waals surface area contributed by atoms with Crippen molar-refractivity contribution in [1.29, 1.82) is 0 Å². The standard InChI is InChI=1S/C17H27BrN2/c1-12-5-6-13(9-15(12)18)16(10-19)20-8-7-14(11-20)17(2,3)4/h5-6,9,14,16H,7-8,10-11,19H2,1-4H3. The SMILES string of the molecule is Cc1ccc(C(CN)N2CCC(C(C)(C)C)C2)cc1Br. The van der Waals surface area contributed by atoms with Crippen molar-refractivity contribution >= 4 is 15.9 Å². The van der Waals surface area contributed by atoms with Crippen LogP contribution in [0.3, 0.4) is 0 Å². The Kier molecular flexibility index (Phi) is 4.93. The van der Waals surface area contributed by atoms with Gasteiger partial charge in [0.1, 0.15) is 0 Å². The molecule has 0 spiro atoms. The fraction of sp³-hybridized carbons (Fsp3) is 0.647. The summed E-state index contributed by atoms with van der Waals surface area (Å²) < 4.78 is 1.18. The Bertz CT molecular complexity index is 465. The van der Waals surface area contributed by atoms with Crippen LogP contribution in [0.5, 0.6) is 0 Å². The summed E-state index contributed by atoms with van der Waals surface area (Å²) in [6, 6.07) is 6.98. The molecule has 1 aromatic rings. The number of hydrogen-bond acceptors (Lipinski definition) is 2. The Labute approximate surface area is 131 Å². The van der Waals surface area contributed by atoms with Crippen LogP contribution in [0.2, 0.25) is 0 Å². The molecule has 2 unspecified atom stereocenters. The summed E-state index contributed by atoms with van der Waals surface area (Å²) in [5.41, 5.74) is 9.07. The molecule has 1 aromatic carbocycles. The minimum absolute atomic E-state index is 0.347. The Hall–Kier alpha value is -0.380. The van der Waals surface area contributed by atoms with E-state index in [9.17, 15) is 0 Å². The molecule has 1 aliphatic heterocycles. The Balaban J connectivity index is 2.15. The van der Waals surface area contributed by atoms with E-state index in [1.807, 2.05) is 0 Å². The third-order valence-electron chi connectivity index (χ3n) is 4.69. The van der Waals surface area contributed by atoms with Crippen molar-refractivity contribution in [3.8, 4) is 0 Å². The normalized spacial score (nSPS) is 22.2. The van der Waals surface area contributed by atoms with Crippen molar-refractivity contribution in [3.63, 3.8) is 0 Å². The lowest BCUT2D eigenvalue weighted by Gasteiger charge is -2.30. The fourth-order valence-electron chi connectivity index (χ4n) is 3.09. The first kappa shape index (κ1) is 16.0. The van der Waals surface area contributed by atoms with E-state index in [-0.39, 0.29) is 0 Å². The lowest BCUT2D eigenvalue weighted by atomic mass is 9.80. The van der Waals surface area contributed by atoms with Crippen LogP contribution < -0.4 is 5.73 Å². The first-order chi connectivity index (χ1) is 9.32. The number of nitrogens with zero attached hydrogens (tertiary/aromatic N) is 1. The van der Waals surface area contributed by atoms with Crippen LogP contribution >= 0.6 is 15.9 Å². The second kappa shape index (κ2) is 6.17. The van der Waals surface area contributed by atoms with Crippen LogP contribution in [0.15, 0.2) is 22.7 Å². The van der Waals surface area contributed by atoms with E-state index in [0.29, 0.717) is 18.0 Å². The molecule has 2 nitrogen and oxygen atoms in total. The summed E-state index contributed by atoms with van der Waals surface area (Å²) in [6.07, 6.45) is 1.28. The molecule has 1 fully saturated rings. The molecule has 2 N–H and O–H groups in total. The first-order valence-electron chi connectivity index (χ1n) is 7.53. The van der Waals surface area contributed by atoms with Gasteiger partial charge in [0.05, 0.1) is 0 Å². The van der Waals surface area contributed by atoms with Gasteiger partial charge >= 0.3 is 0 Å². The summed E-state index contributed by atoms with van der Waals surface area (Å²) >= 11 is 3.64. The lowest BCUT2D eigenvalue weighted by Crippen LogP contribution is -2.33. The first-order valence-corrected chi connectivity index (χ1v) is 8.32. The van der Waals surface area contributed by atoms with Crippen molar-refractivity contribution in [3.05, 3.63) is 33.8 Å². The minimum atomic E-state index is 0.347. The van der Waals surface area contributed by atoms with Crippen LogP contribution in [0, 0.1) is 18.3 Å². The molecule has 2 atom stereocenters. The molecule has 0 aromatic heterocycles. The van der Waals surface area contributed by atoms with Crippen LogP contribution in [0.4, 0.5) is 0 Å². The molecule has 0 aliphatic carbocycles. The average molecular weight is 339 g/mol. The molecule has 0 saturated carbocycles. The second-order valence-corrected chi connectivity index (χ2v) is 7.96. The fourth-order valence-corrected chi connectivity index (χ4v) is 3.49. The minimum Gasteiger partial charge on any atom is -0.329 e. The third kappa shape index (κ3) is 3.44. The van der Waals surface area contributed by atoms with E-state index in [0.717, 1.165) is 19.0 Å². The zero-order valence-electron chi connectivity index (χ0n) is 13.1. The van der Waals surface area contributed by atoms with Gasteiger partial charge in [-0.2, -0.15) is 0 Å². The number of benzene rings is 1. The number of likely N-dealkylation sites (tertiary alicyclic amines) is 1. The molecule has 0 bridgehead atoms. The molecule has 0 radical (unpaired) electrons. The average Bonchev–Trinajstić information content (AvgIpc) is 2.84. The van der Waals surface area contributed by atoms with Crippen LogP contribution in [0.25, 0.3) is 0 Å². The number of hydrogen-bond donors (Lipinski definition) is 1. The Morgan fingerprint density at radius 2 is 2.10 bits per heavy atom. The summed E-state index contributed by atoms with van der Waals surface area (Å²) in [6.45, 7) is 12.2. The Morgan fingerprint density at radius 3 is 2.60 bits per heavy atom. The van der Waals surface area contributed by atoms with E-state index < -0.39 is 0 Å². The number of halogens is 1. The van der Waals surface area contributed by atoms with Crippen LogP contribution in [-0.4, -0.2) is 24.5 Å². The molecule has 20 heavy (non-hydrogen) atoms. The van der Waals surface area contributed by atoms with Gasteiger partial charge < -0.3 is 5.73 Å². The van der Waals surface area contributed by atoms with Crippen molar-refractivity contribution < 1.29 is 0 Å². The van der Waals surface area contributed by atoms with Gasteiger partial charge in [0.15, 0.2) is 0 Å². The monoisotopic (exact) mass is 338 g/mol. The van der Waals surface area contributed by atoms with E-state index in [4.69, 9.17) is 5.73 Å². The summed E-state index contributed by atoms with van der Waals surface area (Å²) in [5.74, 6) is 0.769. The molecule has 2 rings (SSSR count). The van der Waals surface area contributed by atoms with Crippen molar-refractivity contribution in [2.45, 2.75) is 40.2 Å². The van der Waals surface area contributed by atoms with E-state index in [1.54, 1.807) is 0 Å². The van der Waals surface area contributed by atoms with Gasteiger partial charge in [0.2, 0.25) is 0 Å². The zero-order chi connectivity index (χ0) is 14.9. The van der Waals surface area contributed by atoms with Gasteiger partial charge in [0, 0.05) is 23.6 Å². The second-order valence-electron chi connectivity index (χ2n) is 7.11. The predicted octanol–water partition coefficient (Wildman–Crippen LogP) is 4.13. The van der Waals surface area contributed by atoms with E-state index in [2.05, 4.69) is 66.7 Å². The van der Waals surface area contributed by atoms with Crippen molar-refractivity contribution in [1.82, 2.24) is 4.90 Å². The largest absolute Gasteiger partial charge is 0.329 e. The predicted molar refractivity (Wildman–Crippen MR) is 89.8 cm³/mol. The van der Waals surface area contributed by atoms with E-state index >= 15 is 0 Å². The quantitative estimate of drug-likeness (QED) is 0.897. The van der Waals surface area contributed by atoms with Crippen molar-refractivity contribution in [2.75, 3.05) is 19.6 Å². The molecule has 0 amide bonds. The van der Waals surface area contributed by atoms with E-state index in [1.165, 1.54) is 22.0 Å². The van der Waals surface area contributed by atoms with Gasteiger partial charge in [0.25, 0.3) is 0 Å². The molecule has 3 heteroatoms. The van der Waals surface area contributed by atoms with Gasteiger partial charge in [-0.05, 0) is 48.4 Å². The highest BCUT2D eigenvalue weighted by molar-refractivity contribution is 9.10. The number of aryl methyl sites for hydroxylation is 1. The maximum atomic E-state index is 6.07. The highest BCUT2D eigenvalue weighted by Gasteiger charge is 2.34. The summed E-state index contributed by atoms with van der Waals surface area (Å²) in [4.78, 5) is 2.56. The molecule has 112 valence electrons. The molecule has 1 saturated heterocycles.